The van der Waals surface area contributed by atoms with Crippen molar-refractivity contribution < 1.29 is 0 Å². The van der Waals surface area contributed by atoms with Gasteiger partial charge in [0.15, 0.2) is 0 Å². The predicted molar refractivity (Wildman–Crippen MR) is 200 cm³/mol. The second-order valence-corrected chi connectivity index (χ2v) is 12.6. The van der Waals surface area contributed by atoms with E-state index in [1.165, 1.54) is 0 Å². The third-order valence-corrected chi connectivity index (χ3v) is 9.89. The van der Waals surface area contributed by atoms with E-state index in [4.69, 9.17) is 0 Å². The Morgan fingerprint density at radius 1 is 0.580 bits per heavy atom. The first-order valence-electron chi connectivity index (χ1n) is 16.6. The van der Waals surface area contributed by atoms with E-state index >= 15 is 0 Å². The van der Waals surface area contributed by atoms with Crippen molar-refractivity contribution in [3.63, 3.8) is 0 Å². The Balaban J connectivity index is 1.31. The number of hydrogen-bond donors (Lipinski definition) is 0. The molecule has 1 atom stereocenters. The van der Waals surface area contributed by atoms with Crippen LogP contribution in [0.25, 0.3) is 72.4 Å². The summed E-state index contributed by atoms with van der Waals surface area (Å²) in [6.07, 6.45) is 4.71. The van der Waals surface area contributed by atoms with Gasteiger partial charge in [0.1, 0.15) is 0 Å². The Morgan fingerprint density at radius 3 is 1.94 bits per heavy atom. The topological polar surface area (TPSA) is 81.2 Å². The first-order chi connectivity index (χ1) is 24.7. The number of benzene rings is 6. The van der Waals surface area contributed by atoms with Crippen molar-refractivity contribution in [3.05, 3.63) is 162 Å². The van der Waals surface area contributed by atoms with Gasteiger partial charge in [-0.15, -0.1) is 0 Å². The molecule has 0 spiro atoms. The number of hydrogen-bond acceptors (Lipinski definition) is 3. The van der Waals surface area contributed by atoms with Crippen molar-refractivity contribution in [1.82, 2.24) is 9.13 Å². The standard InChI is InChI=1S/C45H27N5/c46-26-29-20-21-44-38(23-29)36-14-3-5-16-40(36)49(44)33-11-9-10-31(25-33)45-32(28-48)22-30(27-47)24-39(45)37-15-4-8-19-43(37)50-41-17-6-1-12-34(41)35-13-2-7-18-42(35)50/h1-22,24-25,29H,23H2. The summed E-state index contributed by atoms with van der Waals surface area (Å²) < 4.78 is 4.53. The lowest BCUT2D eigenvalue weighted by atomic mass is 9.88. The highest BCUT2D eigenvalue weighted by Crippen LogP contribution is 2.43. The van der Waals surface area contributed by atoms with Gasteiger partial charge in [0, 0.05) is 38.7 Å². The smallest absolute Gasteiger partial charge is 0.0998 e. The summed E-state index contributed by atoms with van der Waals surface area (Å²) >= 11 is 0. The maximum Gasteiger partial charge on any atom is 0.0998 e. The zero-order valence-corrected chi connectivity index (χ0v) is 26.9. The average Bonchev–Trinajstić information content (AvgIpc) is 3.70. The van der Waals surface area contributed by atoms with Crippen LogP contribution in [0.4, 0.5) is 0 Å². The highest BCUT2D eigenvalue weighted by atomic mass is 15.0. The third-order valence-electron chi connectivity index (χ3n) is 9.89. The molecule has 9 rings (SSSR count). The zero-order chi connectivity index (χ0) is 33.8. The van der Waals surface area contributed by atoms with Crippen molar-refractivity contribution in [2.45, 2.75) is 6.42 Å². The summed E-state index contributed by atoms with van der Waals surface area (Å²) in [6, 6.07) is 52.4. The molecule has 5 heteroatoms. The molecule has 232 valence electrons. The maximum atomic E-state index is 10.6. The number of fused-ring (bicyclic) bond motifs is 6. The van der Waals surface area contributed by atoms with Crippen LogP contribution in [0.2, 0.25) is 0 Å². The van der Waals surface area contributed by atoms with E-state index in [9.17, 15) is 15.8 Å². The van der Waals surface area contributed by atoms with E-state index in [2.05, 4.69) is 118 Å². The summed E-state index contributed by atoms with van der Waals surface area (Å²) in [6.45, 7) is 0. The summed E-state index contributed by atoms with van der Waals surface area (Å²) in [7, 11) is 0. The molecule has 2 heterocycles. The molecule has 0 radical (unpaired) electrons. The number of allylic oxidation sites excluding steroid dienone is 1. The molecule has 5 nitrogen and oxygen atoms in total. The van der Waals surface area contributed by atoms with Gasteiger partial charge in [0.25, 0.3) is 0 Å². The molecule has 0 saturated heterocycles. The van der Waals surface area contributed by atoms with Gasteiger partial charge in [-0.1, -0.05) is 91.0 Å². The van der Waals surface area contributed by atoms with Crippen LogP contribution in [0.15, 0.2) is 140 Å². The van der Waals surface area contributed by atoms with Gasteiger partial charge in [0.2, 0.25) is 0 Å². The van der Waals surface area contributed by atoms with Gasteiger partial charge in [-0.25, -0.2) is 0 Å². The first kappa shape index (κ1) is 29.0. The van der Waals surface area contributed by atoms with Gasteiger partial charge >= 0.3 is 0 Å². The number of nitrogens with zero attached hydrogens (tertiary/aromatic N) is 5. The monoisotopic (exact) mass is 637 g/mol. The van der Waals surface area contributed by atoms with Crippen molar-refractivity contribution in [1.29, 1.82) is 15.8 Å². The van der Waals surface area contributed by atoms with Crippen LogP contribution in [0.3, 0.4) is 0 Å². The summed E-state index contributed by atoms with van der Waals surface area (Å²) in [5.74, 6) is -0.165. The second-order valence-electron chi connectivity index (χ2n) is 12.6. The lowest BCUT2D eigenvalue weighted by molar-refractivity contribution is 0.809. The Labute approximate surface area is 289 Å². The lowest BCUT2D eigenvalue weighted by Crippen LogP contribution is -2.06. The normalized spacial score (nSPS) is 13.6. The van der Waals surface area contributed by atoms with Crippen LogP contribution in [0.1, 0.15) is 22.4 Å². The zero-order valence-electron chi connectivity index (χ0n) is 26.9. The lowest BCUT2D eigenvalue weighted by Gasteiger charge is -2.19. The molecule has 0 bridgehead atoms. The minimum absolute atomic E-state index is 0.165. The molecule has 0 N–H and O–H groups in total. The van der Waals surface area contributed by atoms with E-state index < -0.39 is 0 Å². The molecule has 6 aromatic carbocycles. The summed E-state index contributed by atoms with van der Waals surface area (Å²) in [4.78, 5) is 0. The van der Waals surface area contributed by atoms with E-state index in [-0.39, 0.29) is 5.92 Å². The molecule has 50 heavy (non-hydrogen) atoms. The molecule has 1 aliphatic rings. The summed E-state index contributed by atoms with van der Waals surface area (Å²) in [5.41, 5.74) is 11.6. The van der Waals surface area contributed by atoms with Gasteiger partial charge in [-0.05, 0) is 77.7 Å². The van der Waals surface area contributed by atoms with E-state index in [1.807, 2.05) is 48.5 Å². The fourth-order valence-corrected chi connectivity index (χ4v) is 7.78. The second kappa shape index (κ2) is 11.5. The Morgan fingerprint density at radius 2 is 1.24 bits per heavy atom. The van der Waals surface area contributed by atoms with Crippen LogP contribution in [-0.2, 0) is 6.42 Å². The third kappa shape index (κ3) is 4.37. The van der Waals surface area contributed by atoms with Crippen molar-refractivity contribution in [2.75, 3.05) is 0 Å². The fourth-order valence-electron chi connectivity index (χ4n) is 7.78. The maximum absolute atomic E-state index is 10.6. The van der Waals surface area contributed by atoms with Gasteiger partial charge < -0.3 is 9.13 Å². The fraction of sp³-hybridized carbons (Fsp3) is 0.0444. The Kier molecular flexibility index (Phi) is 6.70. The molecule has 2 aromatic heterocycles. The number of rotatable bonds is 4. The number of para-hydroxylation sites is 4. The van der Waals surface area contributed by atoms with Crippen LogP contribution in [-0.4, -0.2) is 9.13 Å². The van der Waals surface area contributed by atoms with E-state index in [0.29, 0.717) is 17.5 Å². The van der Waals surface area contributed by atoms with Crippen LogP contribution in [0, 0.1) is 39.9 Å². The highest BCUT2D eigenvalue weighted by molar-refractivity contribution is 6.10. The van der Waals surface area contributed by atoms with Crippen molar-refractivity contribution in [2.24, 2.45) is 5.92 Å². The molecule has 0 amide bonds. The van der Waals surface area contributed by atoms with Gasteiger partial charge in [-0.2, -0.15) is 15.8 Å². The molecule has 1 unspecified atom stereocenters. The quantitative estimate of drug-likeness (QED) is 0.193. The van der Waals surface area contributed by atoms with Crippen molar-refractivity contribution in [3.8, 4) is 51.8 Å². The average molecular weight is 638 g/mol. The van der Waals surface area contributed by atoms with E-state index in [1.54, 1.807) is 6.07 Å². The molecule has 0 aliphatic heterocycles. The minimum Gasteiger partial charge on any atom is -0.310 e. The van der Waals surface area contributed by atoms with Gasteiger partial charge in [0.05, 0.1) is 57.5 Å². The molecule has 8 aromatic rings. The minimum atomic E-state index is -0.165. The van der Waals surface area contributed by atoms with Crippen molar-refractivity contribution >= 4 is 38.8 Å². The highest BCUT2D eigenvalue weighted by Gasteiger charge is 2.24. The Bertz CT molecular complexity index is 2790. The SMILES string of the molecule is N#Cc1cc(C#N)c(-c2cccc(-n3c4c(c5ccccc53)CC(C#N)C=C4)c2)c(-c2ccccc2-n2c3ccccc3c3ccccc32)c1. The molecule has 0 fully saturated rings. The van der Waals surface area contributed by atoms with Gasteiger partial charge in [-0.3, -0.25) is 0 Å². The Hall–Kier alpha value is -7.13. The van der Waals surface area contributed by atoms with Crippen LogP contribution >= 0.6 is 0 Å². The van der Waals surface area contributed by atoms with E-state index in [0.717, 1.165) is 77.6 Å². The van der Waals surface area contributed by atoms with Crippen LogP contribution < -0.4 is 0 Å². The first-order valence-corrected chi connectivity index (χ1v) is 16.6. The molecular weight excluding hydrogens is 611 g/mol. The number of aromatic nitrogens is 2. The summed E-state index contributed by atoms with van der Waals surface area (Å²) in [5, 5.41) is 33.9. The van der Waals surface area contributed by atoms with Crippen LogP contribution in [0.5, 0.6) is 0 Å². The molecule has 1 aliphatic carbocycles. The molecule has 0 saturated carbocycles. The largest absolute Gasteiger partial charge is 0.310 e. The number of nitriles is 3. The molecular formula is C45H27N5. The predicted octanol–water partition coefficient (Wildman–Crippen LogP) is 10.5.